The first-order valence-electron chi connectivity index (χ1n) is 10.1. The van der Waals surface area contributed by atoms with Crippen molar-refractivity contribution in [2.75, 3.05) is 0 Å². The van der Waals surface area contributed by atoms with E-state index in [0.29, 0.717) is 0 Å². The lowest BCUT2D eigenvalue weighted by atomic mass is 9.94. The molecule has 0 aliphatic carbocycles. The van der Waals surface area contributed by atoms with Gasteiger partial charge in [0.25, 0.3) is 0 Å². The SMILES string of the molecule is Cc1ccccc1C(Cc1ccccc1)N=C(c1ccccc1)c1ccccc1. The molecule has 4 aromatic rings. The van der Waals surface area contributed by atoms with Crippen LogP contribution in [-0.4, -0.2) is 5.71 Å². The highest BCUT2D eigenvalue weighted by Gasteiger charge is 2.16. The fraction of sp³-hybridized carbons (Fsp3) is 0.107. The standard InChI is InChI=1S/C28H25N/c1-22-13-11-12-20-26(22)27(21-23-14-5-2-6-15-23)29-28(24-16-7-3-8-17-24)25-18-9-4-10-19-25/h2-20,27H,21H2,1H3. The van der Waals surface area contributed by atoms with E-state index in [-0.39, 0.29) is 6.04 Å². The fourth-order valence-corrected chi connectivity index (χ4v) is 3.69. The van der Waals surface area contributed by atoms with Crippen molar-refractivity contribution < 1.29 is 0 Å². The van der Waals surface area contributed by atoms with Crippen LogP contribution in [0.3, 0.4) is 0 Å². The van der Waals surface area contributed by atoms with Crippen LogP contribution in [0.4, 0.5) is 0 Å². The monoisotopic (exact) mass is 375 g/mol. The summed E-state index contributed by atoms with van der Waals surface area (Å²) < 4.78 is 0. The first-order valence-corrected chi connectivity index (χ1v) is 10.1. The first-order chi connectivity index (χ1) is 14.3. The Bertz CT molecular complexity index is 1030. The molecule has 0 saturated heterocycles. The van der Waals surface area contributed by atoms with Gasteiger partial charge < -0.3 is 0 Å². The van der Waals surface area contributed by atoms with Gasteiger partial charge in [-0.1, -0.05) is 115 Å². The zero-order valence-corrected chi connectivity index (χ0v) is 16.7. The smallest absolute Gasteiger partial charge is 0.0799 e. The molecule has 0 saturated carbocycles. The summed E-state index contributed by atoms with van der Waals surface area (Å²) in [6.45, 7) is 2.17. The average molecular weight is 376 g/mol. The van der Waals surface area contributed by atoms with E-state index in [9.17, 15) is 0 Å². The zero-order valence-electron chi connectivity index (χ0n) is 16.7. The quantitative estimate of drug-likeness (QED) is 0.328. The summed E-state index contributed by atoms with van der Waals surface area (Å²) in [5.41, 5.74) is 7.18. The topological polar surface area (TPSA) is 12.4 Å². The van der Waals surface area contributed by atoms with Crippen molar-refractivity contribution in [1.82, 2.24) is 0 Å². The molecule has 0 aliphatic heterocycles. The van der Waals surface area contributed by atoms with Crippen molar-refractivity contribution in [2.24, 2.45) is 4.99 Å². The Morgan fingerprint density at radius 3 is 1.66 bits per heavy atom. The molecule has 1 unspecified atom stereocenters. The van der Waals surface area contributed by atoms with E-state index >= 15 is 0 Å². The van der Waals surface area contributed by atoms with E-state index in [1.165, 1.54) is 16.7 Å². The largest absolute Gasteiger partial charge is 0.276 e. The maximum atomic E-state index is 5.36. The van der Waals surface area contributed by atoms with E-state index in [1.54, 1.807) is 0 Å². The van der Waals surface area contributed by atoms with Gasteiger partial charge in [-0.15, -0.1) is 0 Å². The molecule has 1 heteroatoms. The van der Waals surface area contributed by atoms with E-state index in [0.717, 1.165) is 23.3 Å². The van der Waals surface area contributed by atoms with Crippen LogP contribution in [0.2, 0.25) is 0 Å². The molecule has 0 aromatic heterocycles. The van der Waals surface area contributed by atoms with Crippen LogP contribution < -0.4 is 0 Å². The van der Waals surface area contributed by atoms with Crippen molar-refractivity contribution in [3.8, 4) is 0 Å². The lowest BCUT2D eigenvalue weighted by Gasteiger charge is -2.19. The van der Waals surface area contributed by atoms with Crippen LogP contribution in [0.25, 0.3) is 0 Å². The number of hydrogen-bond donors (Lipinski definition) is 0. The highest BCUT2D eigenvalue weighted by atomic mass is 14.8. The van der Waals surface area contributed by atoms with E-state index in [2.05, 4.69) is 122 Å². The molecule has 0 fully saturated rings. The third-order valence-corrected chi connectivity index (χ3v) is 5.20. The van der Waals surface area contributed by atoms with Gasteiger partial charge in [-0.25, -0.2) is 0 Å². The van der Waals surface area contributed by atoms with Crippen molar-refractivity contribution in [2.45, 2.75) is 19.4 Å². The predicted molar refractivity (Wildman–Crippen MR) is 123 cm³/mol. The molecule has 4 aromatic carbocycles. The maximum Gasteiger partial charge on any atom is 0.0799 e. The van der Waals surface area contributed by atoms with Gasteiger partial charge in [0, 0.05) is 11.1 Å². The minimum atomic E-state index is 0.0500. The third kappa shape index (κ3) is 4.70. The Morgan fingerprint density at radius 1 is 0.621 bits per heavy atom. The normalized spacial score (nSPS) is 11.6. The minimum Gasteiger partial charge on any atom is -0.276 e. The third-order valence-electron chi connectivity index (χ3n) is 5.20. The van der Waals surface area contributed by atoms with Crippen molar-refractivity contribution in [1.29, 1.82) is 0 Å². The van der Waals surface area contributed by atoms with Crippen molar-refractivity contribution >= 4 is 5.71 Å². The van der Waals surface area contributed by atoms with Gasteiger partial charge in [0.15, 0.2) is 0 Å². The Morgan fingerprint density at radius 2 is 1.10 bits per heavy atom. The zero-order chi connectivity index (χ0) is 19.9. The molecule has 0 N–H and O–H groups in total. The summed E-state index contributed by atoms with van der Waals surface area (Å²) in [6, 6.07) is 40.3. The van der Waals surface area contributed by atoms with E-state index in [4.69, 9.17) is 4.99 Å². The molecule has 4 rings (SSSR count). The Hall–Kier alpha value is -3.45. The minimum absolute atomic E-state index is 0.0500. The lowest BCUT2D eigenvalue weighted by Crippen LogP contribution is -2.10. The van der Waals surface area contributed by atoms with Crippen LogP contribution in [0.15, 0.2) is 120 Å². The van der Waals surface area contributed by atoms with Gasteiger partial charge in [0.2, 0.25) is 0 Å². The molecule has 29 heavy (non-hydrogen) atoms. The van der Waals surface area contributed by atoms with Crippen LogP contribution >= 0.6 is 0 Å². The van der Waals surface area contributed by atoms with Crippen molar-refractivity contribution in [3.05, 3.63) is 143 Å². The highest BCUT2D eigenvalue weighted by Crippen LogP contribution is 2.27. The Kier molecular flexibility index (Phi) is 5.97. The van der Waals surface area contributed by atoms with Gasteiger partial charge in [-0.05, 0) is 30.0 Å². The Balaban J connectivity index is 1.85. The summed E-state index contributed by atoms with van der Waals surface area (Å²) in [7, 11) is 0. The molecule has 0 bridgehead atoms. The molecule has 142 valence electrons. The molecule has 0 spiro atoms. The number of aryl methyl sites for hydroxylation is 1. The van der Waals surface area contributed by atoms with Gasteiger partial charge in [0.05, 0.1) is 11.8 Å². The fourth-order valence-electron chi connectivity index (χ4n) is 3.69. The molecule has 0 amide bonds. The second kappa shape index (κ2) is 9.16. The summed E-state index contributed by atoms with van der Waals surface area (Å²) in [6.07, 6.45) is 0.870. The van der Waals surface area contributed by atoms with E-state index < -0.39 is 0 Å². The lowest BCUT2D eigenvalue weighted by molar-refractivity contribution is 0.720. The number of nitrogens with zero attached hydrogens (tertiary/aromatic N) is 1. The van der Waals surface area contributed by atoms with Crippen LogP contribution in [0.1, 0.15) is 33.9 Å². The summed E-state index contributed by atoms with van der Waals surface area (Å²) in [5.74, 6) is 0. The second-order valence-electron chi connectivity index (χ2n) is 7.27. The van der Waals surface area contributed by atoms with Crippen LogP contribution in [-0.2, 0) is 6.42 Å². The molecule has 1 atom stereocenters. The van der Waals surface area contributed by atoms with Crippen molar-refractivity contribution in [3.63, 3.8) is 0 Å². The van der Waals surface area contributed by atoms with E-state index in [1.807, 2.05) is 0 Å². The number of benzene rings is 4. The van der Waals surface area contributed by atoms with Crippen LogP contribution in [0.5, 0.6) is 0 Å². The number of aliphatic imine (C=N–C) groups is 1. The molecular formula is C28H25N. The summed E-state index contributed by atoms with van der Waals surface area (Å²) >= 11 is 0. The van der Waals surface area contributed by atoms with Gasteiger partial charge >= 0.3 is 0 Å². The predicted octanol–water partition coefficient (Wildman–Crippen LogP) is 6.82. The highest BCUT2D eigenvalue weighted by molar-refractivity contribution is 6.13. The molecular weight excluding hydrogens is 350 g/mol. The van der Waals surface area contributed by atoms with Gasteiger partial charge in [0.1, 0.15) is 0 Å². The number of hydrogen-bond acceptors (Lipinski definition) is 1. The summed E-state index contributed by atoms with van der Waals surface area (Å²) in [4.78, 5) is 5.36. The van der Waals surface area contributed by atoms with Gasteiger partial charge in [-0.3, -0.25) is 4.99 Å². The van der Waals surface area contributed by atoms with Gasteiger partial charge in [-0.2, -0.15) is 0 Å². The van der Waals surface area contributed by atoms with Crippen LogP contribution in [0, 0.1) is 6.92 Å². The first kappa shape index (κ1) is 18.9. The average Bonchev–Trinajstić information content (AvgIpc) is 2.79. The summed E-state index contributed by atoms with van der Waals surface area (Å²) in [5, 5.41) is 0. The molecule has 0 aliphatic rings. The second-order valence-corrected chi connectivity index (χ2v) is 7.27. The maximum absolute atomic E-state index is 5.36. The molecule has 0 heterocycles. The Labute approximate surface area is 173 Å². The molecule has 1 nitrogen and oxygen atoms in total. The number of rotatable bonds is 6. The molecule has 0 radical (unpaired) electrons.